The third kappa shape index (κ3) is 11.9. The maximum atomic E-state index is 15.5. The van der Waals surface area contributed by atoms with E-state index >= 15 is 8.42 Å². The normalized spacial score (nSPS) is 14.2. The quantitative estimate of drug-likeness (QED) is 0.0639. The van der Waals surface area contributed by atoms with E-state index in [1.807, 2.05) is 119 Å². The summed E-state index contributed by atoms with van der Waals surface area (Å²) in [4.78, 5) is 0.623. The Labute approximate surface area is 428 Å². The molecule has 0 fully saturated rings. The topological polar surface area (TPSA) is 170 Å². The Morgan fingerprint density at radius 1 is 0.394 bits per heavy atom. The number of hydrogen-bond donors (Lipinski definition) is 4. The molecule has 0 atom stereocenters. The number of hydrogen-bond acceptors (Lipinski definition) is 8. The Kier molecular flexibility index (Phi) is 18.6. The Balaban J connectivity index is 1.78. The predicted octanol–water partition coefficient (Wildman–Crippen LogP) is 12.4. The molecule has 0 spiro atoms. The highest BCUT2D eigenvalue weighted by molar-refractivity contribution is 7.90. The molecule has 5 rings (SSSR count). The fraction of sp³-hybridized carbons (Fsp3) is 0.579. The van der Waals surface area contributed by atoms with E-state index < -0.39 is 43.3 Å². The van der Waals surface area contributed by atoms with Crippen molar-refractivity contribution in [2.75, 3.05) is 0 Å². The van der Waals surface area contributed by atoms with Crippen molar-refractivity contribution in [2.24, 2.45) is 0 Å². The van der Waals surface area contributed by atoms with Crippen LogP contribution in [0.25, 0.3) is 0 Å². The molecule has 0 unspecified atom stereocenters. The summed E-state index contributed by atoms with van der Waals surface area (Å²) in [6.07, 6.45) is 0. The predicted molar refractivity (Wildman–Crippen MR) is 289 cm³/mol. The lowest BCUT2D eigenvalue weighted by atomic mass is 9.88. The van der Waals surface area contributed by atoms with Gasteiger partial charge in [-0.1, -0.05) is 161 Å². The number of benzene rings is 4. The molecule has 0 aliphatic carbocycles. The monoisotopic (exact) mass is 1040 g/mol. The van der Waals surface area contributed by atoms with Crippen molar-refractivity contribution in [3.05, 3.63) is 120 Å². The summed E-state index contributed by atoms with van der Waals surface area (Å²) in [5.41, 5.74) is 9.23. The van der Waals surface area contributed by atoms with E-state index in [0.29, 0.717) is 55.6 Å². The van der Waals surface area contributed by atoms with Gasteiger partial charge in [0.2, 0.25) is 30.1 Å². The molecule has 1 aliphatic rings. The van der Waals surface area contributed by atoms with Crippen molar-refractivity contribution in [3.8, 4) is 0 Å². The first-order chi connectivity index (χ1) is 32.8. The molecule has 4 aromatic rings. The van der Waals surface area contributed by atoms with E-state index in [-0.39, 0.29) is 105 Å². The van der Waals surface area contributed by atoms with Crippen LogP contribution in [0.1, 0.15) is 261 Å². The Bertz CT molecular complexity index is 2720. The second-order valence-electron chi connectivity index (χ2n) is 22.6. The first-order valence-electron chi connectivity index (χ1n) is 25.8. The first kappa shape index (κ1) is 58.4. The van der Waals surface area contributed by atoms with E-state index in [1.165, 1.54) is 4.31 Å². The third-order valence-electron chi connectivity index (χ3n) is 14.4. The van der Waals surface area contributed by atoms with E-state index in [9.17, 15) is 27.0 Å². The molecule has 0 saturated heterocycles. The molecule has 0 aromatic heterocycles. The molecule has 11 nitrogen and oxygen atoms in total. The minimum atomic E-state index is -4.30. The van der Waals surface area contributed by atoms with Crippen molar-refractivity contribution in [1.82, 2.24) is 13.7 Å². The maximum Gasteiger partial charge on any atom is 0.244 e. The van der Waals surface area contributed by atoms with Crippen LogP contribution in [0.5, 0.6) is 0 Å². The highest BCUT2D eigenvalue weighted by atomic mass is 32.2. The average Bonchev–Trinajstić information content (AvgIpc) is 3.74. The minimum absolute atomic E-state index is 0.139. The van der Waals surface area contributed by atoms with Crippen LogP contribution in [0, 0.1) is 0 Å². The molecule has 0 radical (unpaired) electrons. The van der Waals surface area contributed by atoms with E-state index in [0.717, 1.165) is 16.7 Å². The fourth-order valence-corrected chi connectivity index (χ4v) is 15.5. The van der Waals surface area contributed by atoms with Gasteiger partial charge in [-0.05, 0) is 137 Å². The summed E-state index contributed by atoms with van der Waals surface area (Å²) in [6.45, 7) is 33.8. The van der Waals surface area contributed by atoms with Gasteiger partial charge in [-0.3, -0.25) is 0 Å². The van der Waals surface area contributed by atoms with Crippen LogP contribution in [0.15, 0.2) is 51.1 Å². The van der Waals surface area contributed by atoms with Crippen LogP contribution in [-0.2, 0) is 69.5 Å². The third-order valence-corrected chi connectivity index (χ3v) is 19.4. The average molecular weight is 1040 g/mol. The van der Waals surface area contributed by atoms with Crippen LogP contribution in [-0.4, -0.2) is 39.8 Å². The summed E-state index contributed by atoms with van der Waals surface area (Å²) in [5, 5.41) is 22.7. The number of aliphatic hydroxyl groups excluding tert-OH is 2. The summed E-state index contributed by atoms with van der Waals surface area (Å²) < 4.78 is 97.8. The molecular formula is C57H85N3O8S3. The lowest BCUT2D eigenvalue weighted by molar-refractivity contribution is 0.257. The van der Waals surface area contributed by atoms with Crippen molar-refractivity contribution in [1.29, 1.82) is 0 Å². The van der Waals surface area contributed by atoms with Crippen LogP contribution < -0.4 is 9.44 Å². The van der Waals surface area contributed by atoms with Crippen molar-refractivity contribution >= 4 is 30.1 Å². The fourth-order valence-electron chi connectivity index (χ4n) is 10.1. The van der Waals surface area contributed by atoms with Gasteiger partial charge in [0.25, 0.3) is 0 Å². The number of aliphatic hydroxyl groups is 2. The second kappa shape index (κ2) is 22.6. The number of nitrogens with one attached hydrogen (secondary N) is 2. The van der Waals surface area contributed by atoms with E-state index in [2.05, 4.69) is 51.0 Å². The number of fused-ring (bicyclic) bond motifs is 1. The van der Waals surface area contributed by atoms with Crippen molar-refractivity contribution in [2.45, 2.75) is 232 Å². The second-order valence-corrected chi connectivity index (χ2v) is 27.9. The van der Waals surface area contributed by atoms with Gasteiger partial charge in [0.05, 0.1) is 27.9 Å². The SMILES string of the molecule is CC(C)c1cc(C(C)C)c(S(=O)(=O)NCc2c(CO)c(CO)c(CNS(=O)(=O)c3c(C(C)C)cc(C(C)C)cc3C(C)C)c3c2CN(S(=O)(=O)c2c(C(C)C)cc(C(C)C)cc2C(C)C)C3)c(C(C)C)c1. The number of nitrogens with zero attached hydrogens (tertiary/aromatic N) is 1. The molecule has 394 valence electrons. The van der Waals surface area contributed by atoms with Crippen molar-refractivity contribution in [3.63, 3.8) is 0 Å². The highest BCUT2D eigenvalue weighted by Crippen LogP contribution is 2.43. The maximum absolute atomic E-state index is 15.5. The first-order valence-corrected chi connectivity index (χ1v) is 30.2. The molecule has 71 heavy (non-hydrogen) atoms. The van der Waals surface area contributed by atoms with Gasteiger partial charge in [-0.2, -0.15) is 4.31 Å². The molecule has 4 N–H and O–H groups in total. The lowest BCUT2D eigenvalue weighted by Crippen LogP contribution is -2.29. The molecule has 4 aromatic carbocycles. The molecule has 1 aliphatic heterocycles. The zero-order valence-electron chi connectivity index (χ0n) is 45.9. The van der Waals surface area contributed by atoms with Crippen LogP contribution >= 0.6 is 0 Å². The molecular weight excluding hydrogens is 951 g/mol. The van der Waals surface area contributed by atoms with Crippen LogP contribution in [0.4, 0.5) is 0 Å². The summed E-state index contributed by atoms with van der Waals surface area (Å²) >= 11 is 0. The Morgan fingerprint density at radius 2 is 0.634 bits per heavy atom. The van der Waals surface area contributed by atoms with Gasteiger partial charge < -0.3 is 10.2 Å². The largest absolute Gasteiger partial charge is 0.392 e. The van der Waals surface area contributed by atoms with Crippen molar-refractivity contribution < 1.29 is 35.5 Å². The summed E-state index contributed by atoms with van der Waals surface area (Å²) in [6, 6.07) is 11.8. The van der Waals surface area contributed by atoms with Gasteiger partial charge in [-0.15, -0.1) is 0 Å². The van der Waals surface area contributed by atoms with E-state index in [4.69, 9.17) is 0 Å². The smallest absolute Gasteiger partial charge is 0.244 e. The Hall–Kier alpha value is -3.47. The van der Waals surface area contributed by atoms with Gasteiger partial charge in [0.15, 0.2) is 0 Å². The number of rotatable bonds is 21. The zero-order chi connectivity index (χ0) is 53.6. The lowest BCUT2D eigenvalue weighted by Gasteiger charge is -2.26. The zero-order valence-corrected chi connectivity index (χ0v) is 48.4. The molecule has 0 saturated carbocycles. The van der Waals surface area contributed by atoms with Crippen LogP contribution in [0.3, 0.4) is 0 Å². The molecule has 1 heterocycles. The number of sulfonamides is 3. The molecule has 0 amide bonds. The molecule has 0 bridgehead atoms. The van der Waals surface area contributed by atoms with Gasteiger partial charge in [-0.25, -0.2) is 34.7 Å². The molecule has 14 heteroatoms. The standard InChI is InChI=1S/C57H85N3O8S3/c1-31(2)40-19-43(34(7)8)55(44(20-40)35(9)10)69(63,64)58-25-49-51-27-60(71(67,68)57-47(38(15)16)23-42(33(5)6)24-48(57)39(17)18)28-52(51)50(54(30-62)53(49)29-61)26-59-70(65,66)56-45(36(11)12)21-41(32(3)4)22-46(56)37(13)14/h19-24,31-39,58-59,61-62H,25-30H2,1-18H3. The Morgan fingerprint density at radius 3 is 0.845 bits per heavy atom. The van der Waals surface area contributed by atoms with Gasteiger partial charge in [0.1, 0.15) is 0 Å². The minimum Gasteiger partial charge on any atom is -0.392 e. The summed E-state index contributed by atoms with van der Waals surface area (Å²) in [5.74, 6) is -0.400. The van der Waals surface area contributed by atoms with Gasteiger partial charge >= 0.3 is 0 Å². The van der Waals surface area contributed by atoms with E-state index in [1.54, 1.807) is 0 Å². The van der Waals surface area contributed by atoms with Crippen LogP contribution in [0.2, 0.25) is 0 Å². The van der Waals surface area contributed by atoms with Gasteiger partial charge in [0, 0.05) is 26.2 Å². The summed E-state index contributed by atoms with van der Waals surface area (Å²) in [7, 11) is -12.8. The highest BCUT2D eigenvalue weighted by Gasteiger charge is 2.40.